The predicted octanol–water partition coefficient (Wildman–Crippen LogP) is 2.54. The fourth-order valence-corrected chi connectivity index (χ4v) is 1.57. The molecule has 2 aromatic rings. The molecule has 1 N–H and O–H groups in total. The highest BCUT2D eigenvalue weighted by atomic mass is 35.5. The van der Waals surface area contributed by atoms with Gasteiger partial charge in [-0.15, -0.1) is 0 Å². The third kappa shape index (κ3) is 1.49. The normalized spacial score (nSPS) is 10.8. The Morgan fingerprint density at radius 1 is 1.29 bits per heavy atom. The zero-order chi connectivity index (χ0) is 10.3. The fraction of sp³-hybridized carbons (Fsp3) is 0.111. The van der Waals surface area contributed by atoms with Gasteiger partial charge in [0.15, 0.2) is 0 Å². The highest BCUT2D eigenvalue weighted by Crippen LogP contribution is 2.24. The van der Waals surface area contributed by atoms with E-state index < -0.39 is 0 Å². The Labute approximate surface area is 89.7 Å². The van der Waals surface area contributed by atoms with E-state index in [4.69, 9.17) is 23.2 Å². The molecule has 0 saturated carbocycles. The van der Waals surface area contributed by atoms with Crippen LogP contribution in [0.5, 0.6) is 0 Å². The number of fused-ring (bicyclic) bond motifs is 1. The Balaban J connectivity index is 2.96. The van der Waals surface area contributed by atoms with Crippen LogP contribution in [0, 0.1) is 6.92 Å². The second kappa shape index (κ2) is 3.26. The number of nitrogens with one attached hydrogen (secondary N) is 1. The lowest BCUT2D eigenvalue weighted by atomic mass is 10.2. The van der Waals surface area contributed by atoms with Crippen molar-refractivity contribution in [2.24, 2.45) is 0 Å². The quantitative estimate of drug-likeness (QED) is 0.754. The lowest BCUT2D eigenvalue weighted by molar-refractivity contribution is 1.06. The molecule has 1 heterocycles. The summed E-state index contributed by atoms with van der Waals surface area (Å²) < 4.78 is 0. The zero-order valence-corrected chi connectivity index (χ0v) is 8.78. The van der Waals surface area contributed by atoms with Crippen LogP contribution in [0.2, 0.25) is 10.0 Å². The van der Waals surface area contributed by atoms with Gasteiger partial charge in [0.2, 0.25) is 0 Å². The van der Waals surface area contributed by atoms with Gasteiger partial charge in [0.05, 0.1) is 20.9 Å². The SMILES string of the molecule is Cc1nc2cc(Cl)c(Cl)cc2c(=O)[nH]1. The van der Waals surface area contributed by atoms with Gasteiger partial charge in [-0.3, -0.25) is 4.79 Å². The Bertz CT molecular complexity index is 562. The van der Waals surface area contributed by atoms with E-state index in [2.05, 4.69) is 9.97 Å². The third-order valence-electron chi connectivity index (χ3n) is 1.87. The number of aromatic amines is 1. The molecule has 0 radical (unpaired) electrons. The summed E-state index contributed by atoms with van der Waals surface area (Å²) in [4.78, 5) is 18.2. The van der Waals surface area contributed by atoms with Gasteiger partial charge in [-0.1, -0.05) is 23.2 Å². The monoisotopic (exact) mass is 228 g/mol. The highest BCUT2D eigenvalue weighted by molar-refractivity contribution is 6.42. The van der Waals surface area contributed by atoms with Crippen molar-refractivity contribution in [2.75, 3.05) is 0 Å². The second-order valence-corrected chi connectivity index (χ2v) is 3.75. The fourth-order valence-electron chi connectivity index (χ4n) is 1.25. The Morgan fingerprint density at radius 3 is 2.64 bits per heavy atom. The number of aromatic nitrogens is 2. The van der Waals surface area contributed by atoms with E-state index in [1.54, 1.807) is 13.0 Å². The van der Waals surface area contributed by atoms with E-state index in [1.807, 2.05) is 0 Å². The number of rotatable bonds is 0. The van der Waals surface area contributed by atoms with Crippen molar-refractivity contribution in [2.45, 2.75) is 6.92 Å². The minimum absolute atomic E-state index is 0.203. The van der Waals surface area contributed by atoms with Crippen LogP contribution in [0.15, 0.2) is 16.9 Å². The average Bonchev–Trinajstić information content (AvgIpc) is 2.08. The number of benzene rings is 1. The van der Waals surface area contributed by atoms with Crippen LogP contribution in [0.3, 0.4) is 0 Å². The summed E-state index contributed by atoms with van der Waals surface area (Å²) >= 11 is 11.6. The first-order valence-corrected chi connectivity index (χ1v) is 4.69. The summed E-state index contributed by atoms with van der Waals surface area (Å²) in [5.74, 6) is 0.556. The summed E-state index contributed by atoms with van der Waals surface area (Å²) in [6.07, 6.45) is 0. The molecule has 5 heteroatoms. The van der Waals surface area contributed by atoms with Gasteiger partial charge in [0.25, 0.3) is 5.56 Å². The minimum atomic E-state index is -0.203. The van der Waals surface area contributed by atoms with Crippen LogP contribution in [-0.4, -0.2) is 9.97 Å². The molecule has 0 aliphatic rings. The van der Waals surface area contributed by atoms with E-state index >= 15 is 0 Å². The Kier molecular flexibility index (Phi) is 2.21. The molecule has 0 saturated heterocycles. The third-order valence-corrected chi connectivity index (χ3v) is 2.59. The summed E-state index contributed by atoms with van der Waals surface area (Å²) in [7, 11) is 0. The predicted molar refractivity (Wildman–Crippen MR) is 57.1 cm³/mol. The molecule has 72 valence electrons. The largest absolute Gasteiger partial charge is 0.310 e. The molecular weight excluding hydrogens is 223 g/mol. The van der Waals surface area contributed by atoms with Gasteiger partial charge < -0.3 is 4.98 Å². The van der Waals surface area contributed by atoms with Crippen LogP contribution in [-0.2, 0) is 0 Å². The number of hydrogen-bond donors (Lipinski definition) is 1. The number of aryl methyl sites for hydroxylation is 1. The lowest BCUT2D eigenvalue weighted by Gasteiger charge is -2.00. The number of hydrogen-bond acceptors (Lipinski definition) is 2. The summed E-state index contributed by atoms with van der Waals surface area (Å²) in [6.45, 7) is 1.71. The van der Waals surface area contributed by atoms with Gasteiger partial charge in [-0.05, 0) is 19.1 Å². The van der Waals surface area contributed by atoms with Gasteiger partial charge in [0.1, 0.15) is 5.82 Å². The second-order valence-electron chi connectivity index (χ2n) is 2.93. The maximum atomic E-state index is 11.5. The summed E-state index contributed by atoms with van der Waals surface area (Å²) in [5.41, 5.74) is 0.353. The van der Waals surface area contributed by atoms with Crippen LogP contribution < -0.4 is 5.56 Å². The molecule has 0 atom stereocenters. The summed E-state index contributed by atoms with van der Waals surface area (Å²) in [6, 6.07) is 3.10. The molecule has 0 spiro atoms. The van der Waals surface area contributed by atoms with Crippen molar-refractivity contribution in [1.82, 2.24) is 9.97 Å². The first kappa shape index (κ1) is 9.49. The van der Waals surface area contributed by atoms with Gasteiger partial charge in [0, 0.05) is 0 Å². The lowest BCUT2D eigenvalue weighted by Crippen LogP contribution is -2.09. The Morgan fingerprint density at radius 2 is 1.93 bits per heavy atom. The van der Waals surface area contributed by atoms with Crippen molar-refractivity contribution >= 4 is 34.1 Å². The first-order chi connectivity index (χ1) is 6.58. The zero-order valence-electron chi connectivity index (χ0n) is 7.27. The minimum Gasteiger partial charge on any atom is -0.310 e. The molecule has 0 bridgehead atoms. The molecule has 2 rings (SSSR count). The van der Waals surface area contributed by atoms with Gasteiger partial charge >= 0.3 is 0 Å². The van der Waals surface area contributed by atoms with Crippen molar-refractivity contribution in [3.8, 4) is 0 Å². The van der Waals surface area contributed by atoms with Crippen molar-refractivity contribution in [3.63, 3.8) is 0 Å². The molecule has 3 nitrogen and oxygen atoms in total. The molecule has 0 aliphatic carbocycles. The van der Waals surface area contributed by atoms with Crippen LogP contribution >= 0.6 is 23.2 Å². The standard InChI is InChI=1S/C9H6Cl2N2O/c1-4-12-8-3-7(11)6(10)2-5(8)9(14)13-4/h2-3H,1H3,(H,12,13,14). The van der Waals surface area contributed by atoms with E-state index in [-0.39, 0.29) is 5.56 Å². The van der Waals surface area contributed by atoms with Gasteiger partial charge in [-0.25, -0.2) is 4.98 Å². The first-order valence-electron chi connectivity index (χ1n) is 3.93. The molecule has 0 unspecified atom stereocenters. The molecule has 0 aliphatic heterocycles. The number of nitrogens with zero attached hydrogens (tertiary/aromatic N) is 1. The van der Waals surface area contributed by atoms with Crippen LogP contribution in [0.25, 0.3) is 10.9 Å². The number of H-pyrrole nitrogens is 1. The summed E-state index contributed by atoms with van der Waals surface area (Å²) in [5, 5.41) is 1.21. The molecule has 0 fully saturated rings. The molecule has 1 aromatic heterocycles. The van der Waals surface area contributed by atoms with E-state index in [0.29, 0.717) is 26.8 Å². The molecule has 1 aromatic carbocycles. The topological polar surface area (TPSA) is 45.8 Å². The van der Waals surface area contributed by atoms with E-state index in [9.17, 15) is 4.79 Å². The Hall–Kier alpha value is -1.06. The maximum Gasteiger partial charge on any atom is 0.258 e. The molecule has 0 amide bonds. The smallest absolute Gasteiger partial charge is 0.258 e. The van der Waals surface area contributed by atoms with Crippen molar-refractivity contribution < 1.29 is 0 Å². The molecule has 14 heavy (non-hydrogen) atoms. The number of halogens is 2. The van der Waals surface area contributed by atoms with E-state index in [0.717, 1.165) is 0 Å². The average molecular weight is 229 g/mol. The molecular formula is C9H6Cl2N2O. The van der Waals surface area contributed by atoms with Crippen molar-refractivity contribution in [1.29, 1.82) is 0 Å². The van der Waals surface area contributed by atoms with Crippen LogP contribution in [0.4, 0.5) is 0 Å². The van der Waals surface area contributed by atoms with Crippen LogP contribution in [0.1, 0.15) is 5.82 Å². The van der Waals surface area contributed by atoms with Crippen molar-refractivity contribution in [3.05, 3.63) is 38.4 Å². The van der Waals surface area contributed by atoms with Gasteiger partial charge in [-0.2, -0.15) is 0 Å². The maximum absolute atomic E-state index is 11.5. The highest BCUT2D eigenvalue weighted by Gasteiger charge is 2.05. The van der Waals surface area contributed by atoms with E-state index in [1.165, 1.54) is 6.07 Å².